The number of methoxy groups -OCH3 is 1. The number of rotatable bonds is 6. The Kier molecular flexibility index (Phi) is 9.52. The second kappa shape index (κ2) is 11.9. The van der Waals surface area contributed by atoms with Crippen LogP contribution < -0.4 is 9.47 Å². The monoisotopic (exact) mass is 479 g/mol. The van der Waals surface area contributed by atoms with E-state index in [0.29, 0.717) is 23.8 Å². The Hall–Kier alpha value is -2.81. The molecule has 1 aliphatic rings. The number of benzene rings is 2. The van der Waals surface area contributed by atoms with Crippen LogP contribution in [0.3, 0.4) is 0 Å². The van der Waals surface area contributed by atoms with Crippen molar-refractivity contribution in [3.63, 3.8) is 0 Å². The molecule has 0 amide bonds. The van der Waals surface area contributed by atoms with Crippen molar-refractivity contribution in [3.8, 4) is 11.5 Å². The van der Waals surface area contributed by atoms with E-state index in [1.54, 1.807) is 7.11 Å². The van der Waals surface area contributed by atoms with Gasteiger partial charge in [0, 0.05) is 11.5 Å². The van der Waals surface area contributed by atoms with Gasteiger partial charge in [-0.1, -0.05) is 35.9 Å². The Balaban J connectivity index is 0.000000569. The fourth-order valence-corrected chi connectivity index (χ4v) is 4.17. The van der Waals surface area contributed by atoms with Crippen LogP contribution in [-0.2, 0) is 15.2 Å². The van der Waals surface area contributed by atoms with Gasteiger partial charge < -0.3 is 29.7 Å². The van der Waals surface area contributed by atoms with Gasteiger partial charge in [-0.15, -0.1) is 0 Å². The van der Waals surface area contributed by atoms with E-state index < -0.39 is 17.5 Å². The Morgan fingerprint density at radius 1 is 1.18 bits per heavy atom. The molecule has 1 aliphatic heterocycles. The number of halogens is 1. The number of hydrogen-bond donors (Lipinski definition) is 3. The van der Waals surface area contributed by atoms with Gasteiger partial charge in [-0.25, -0.2) is 9.59 Å². The van der Waals surface area contributed by atoms with E-state index in [-0.39, 0.29) is 5.92 Å². The van der Waals surface area contributed by atoms with Crippen LogP contribution in [0.4, 0.5) is 0 Å². The lowest BCUT2D eigenvalue weighted by molar-refractivity contribution is -0.159. The normalized spacial score (nSPS) is 19.4. The number of carbonyl (C=O) groups is 2. The SMILES string of the molecule is COc1cc([C@@H]2CCOc3ccccc3[C@@]2(O)CCCN(C)C)ccc1Cl.O=C(O)C(=O)O. The Labute approximate surface area is 198 Å². The van der Waals surface area contributed by atoms with Crippen molar-refractivity contribution in [3.05, 3.63) is 58.6 Å². The highest BCUT2D eigenvalue weighted by molar-refractivity contribution is 6.32. The molecule has 0 saturated carbocycles. The topological polar surface area (TPSA) is 117 Å². The van der Waals surface area contributed by atoms with Crippen molar-refractivity contribution in [1.29, 1.82) is 0 Å². The number of fused-ring (bicyclic) bond motifs is 1. The summed E-state index contributed by atoms with van der Waals surface area (Å²) in [6.07, 6.45) is 2.26. The van der Waals surface area contributed by atoms with Gasteiger partial charge in [0.1, 0.15) is 17.1 Å². The van der Waals surface area contributed by atoms with Gasteiger partial charge in [0.25, 0.3) is 0 Å². The molecule has 3 rings (SSSR count). The smallest absolute Gasteiger partial charge is 0.414 e. The molecule has 8 nitrogen and oxygen atoms in total. The minimum absolute atomic E-state index is 0.102. The van der Waals surface area contributed by atoms with Gasteiger partial charge in [0.05, 0.1) is 18.7 Å². The molecule has 0 spiro atoms. The molecule has 2 atom stereocenters. The Bertz CT molecular complexity index is 954. The molecule has 2 aromatic rings. The van der Waals surface area contributed by atoms with Crippen molar-refractivity contribution in [2.75, 3.05) is 34.4 Å². The second-order valence-electron chi connectivity index (χ2n) is 8.02. The lowest BCUT2D eigenvalue weighted by atomic mass is 9.73. The molecule has 0 radical (unpaired) electrons. The lowest BCUT2D eigenvalue weighted by Crippen LogP contribution is -2.34. The average molecular weight is 480 g/mol. The van der Waals surface area contributed by atoms with Gasteiger partial charge in [-0.05, 0) is 63.7 Å². The number of ether oxygens (including phenoxy) is 2. The summed E-state index contributed by atoms with van der Waals surface area (Å²) in [7, 11) is 5.71. The minimum Gasteiger partial charge on any atom is -0.495 e. The molecule has 2 aromatic carbocycles. The van der Waals surface area contributed by atoms with Crippen molar-refractivity contribution in [2.45, 2.75) is 30.8 Å². The van der Waals surface area contributed by atoms with Gasteiger partial charge in [0.2, 0.25) is 0 Å². The van der Waals surface area contributed by atoms with Gasteiger partial charge >= 0.3 is 11.9 Å². The van der Waals surface area contributed by atoms with Crippen molar-refractivity contribution < 1.29 is 34.4 Å². The van der Waals surface area contributed by atoms with Crippen molar-refractivity contribution in [1.82, 2.24) is 4.90 Å². The van der Waals surface area contributed by atoms with Crippen LogP contribution in [0.15, 0.2) is 42.5 Å². The van der Waals surface area contributed by atoms with Gasteiger partial charge in [-0.3, -0.25) is 0 Å². The first kappa shape index (κ1) is 26.4. The molecule has 9 heteroatoms. The van der Waals surface area contributed by atoms with E-state index in [1.807, 2.05) is 42.5 Å². The molecule has 0 fully saturated rings. The highest BCUT2D eigenvalue weighted by Crippen LogP contribution is 2.48. The summed E-state index contributed by atoms with van der Waals surface area (Å²) >= 11 is 6.22. The molecule has 3 N–H and O–H groups in total. The predicted octanol–water partition coefficient (Wildman–Crippen LogP) is 3.60. The number of carboxylic acids is 2. The van der Waals surface area contributed by atoms with Crippen LogP contribution in [-0.4, -0.2) is 66.5 Å². The molecule has 1 heterocycles. The summed E-state index contributed by atoms with van der Waals surface area (Å²) in [4.78, 5) is 20.3. The maximum Gasteiger partial charge on any atom is 0.414 e. The summed E-state index contributed by atoms with van der Waals surface area (Å²) in [5, 5.41) is 27.3. The first-order chi connectivity index (χ1) is 15.6. The van der Waals surface area contributed by atoms with Gasteiger partial charge in [0.15, 0.2) is 0 Å². The van der Waals surface area contributed by atoms with E-state index in [9.17, 15) is 5.11 Å². The molecular weight excluding hydrogens is 450 g/mol. The van der Waals surface area contributed by atoms with E-state index >= 15 is 0 Å². The molecule has 0 bridgehead atoms. The fourth-order valence-electron chi connectivity index (χ4n) is 3.97. The highest BCUT2D eigenvalue weighted by Gasteiger charge is 2.42. The third-order valence-corrected chi connectivity index (χ3v) is 5.83. The number of carboxylic acid groups (broad SMARTS) is 2. The average Bonchev–Trinajstić information content (AvgIpc) is 2.91. The maximum absolute atomic E-state index is 12.0. The molecule has 0 unspecified atom stereocenters. The van der Waals surface area contributed by atoms with Crippen LogP contribution in [0.2, 0.25) is 5.02 Å². The summed E-state index contributed by atoms with van der Waals surface area (Å²) in [6.45, 7) is 1.48. The van der Waals surface area contributed by atoms with E-state index in [0.717, 1.165) is 36.3 Å². The molecule has 0 saturated heterocycles. The van der Waals surface area contributed by atoms with Crippen molar-refractivity contribution >= 4 is 23.5 Å². The minimum atomic E-state index is -1.82. The molecule has 0 aromatic heterocycles. The zero-order valence-corrected chi connectivity index (χ0v) is 19.7. The molecule has 33 heavy (non-hydrogen) atoms. The largest absolute Gasteiger partial charge is 0.495 e. The van der Waals surface area contributed by atoms with Crippen molar-refractivity contribution in [2.24, 2.45) is 0 Å². The third kappa shape index (κ3) is 6.83. The quantitative estimate of drug-likeness (QED) is 0.538. The number of aliphatic hydroxyl groups is 1. The third-order valence-electron chi connectivity index (χ3n) is 5.52. The molecule has 0 aliphatic carbocycles. The van der Waals surface area contributed by atoms with Crippen LogP contribution in [0.1, 0.15) is 36.3 Å². The number of nitrogens with zero attached hydrogens (tertiary/aromatic N) is 1. The van der Waals surface area contributed by atoms with E-state index in [4.69, 9.17) is 40.9 Å². The first-order valence-corrected chi connectivity index (χ1v) is 10.9. The summed E-state index contributed by atoms with van der Waals surface area (Å²) in [5.41, 5.74) is 0.867. The number of para-hydroxylation sites is 1. The first-order valence-electron chi connectivity index (χ1n) is 10.5. The highest BCUT2D eigenvalue weighted by atomic mass is 35.5. The Morgan fingerprint density at radius 2 is 1.85 bits per heavy atom. The lowest BCUT2D eigenvalue weighted by Gasteiger charge is -2.36. The summed E-state index contributed by atoms with van der Waals surface area (Å²) in [6, 6.07) is 13.6. The van der Waals surface area contributed by atoms with E-state index in [1.165, 1.54) is 0 Å². The zero-order chi connectivity index (χ0) is 24.6. The van der Waals surface area contributed by atoms with E-state index in [2.05, 4.69) is 19.0 Å². The molecule has 180 valence electrons. The van der Waals surface area contributed by atoms with Crippen LogP contribution >= 0.6 is 11.6 Å². The number of aliphatic carboxylic acids is 2. The van der Waals surface area contributed by atoms with Crippen LogP contribution in [0.5, 0.6) is 11.5 Å². The number of hydrogen-bond acceptors (Lipinski definition) is 6. The second-order valence-corrected chi connectivity index (χ2v) is 8.43. The zero-order valence-electron chi connectivity index (χ0n) is 19.0. The standard InChI is InChI=1S/C22H28ClNO3.C2H2O4/c1-24(2)13-6-12-22(25)17(16-9-10-19(23)21(15-16)26-3)11-14-27-20-8-5-4-7-18(20)22;3-1(4)2(5)6/h4-5,7-10,15,17,25H,6,11-14H2,1-3H3;(H,3,4)(H,5,6)/t17-,22+;/m0./s1. The summed E-state index contributed by atoms with van der Waals surface area (Å²) < 4.78 is 11.4. The maximum atomic E-state index is 12.0. The summed E-state index contributed by atoms with van der Waals surface area (Å²) in [5.74, 6) is -2.35. The molecular formula is C24H30ClNO7. The van der Waals surface area contributed by atoms with Crippen LogP contribution in [0, 0.1) is 0 Å². The van der Waals surface area contributed by atoms with Gasteiger partial charge in [-0.2, -0.15) is 0 Å². The fraction of sp³-hybridized carbons (Fsp3) is 0.417. The van der Waals surface area contributed by atoms with Crippen LogP contribution in [0.25, 0.3) is 0 Å². The Morgan fingerprint density at radius 3 is 2.45 bits per heavy atom. The predicted molar refractivity (Wildman–Crippen MR) is 124 cm³/mol.